The van der Waals surface area contributed by atoms with Crippen molar-refractivity contribution in [2.45, 2.75) is 32.4 Å². The van der Waals surface area contributed by atoms with Gasteiger partial charge in [0.05, 0.1) is 11.7 Å². The molecule has 0 amide bonds. The third-order valence-electron chi connectivity index (χ3n) is 2.98. The smallest absolute Gasteiger partial charge is 0.168 e. The number of carbonyl (C=O) groups is 1. The second-order valence-corrected chi connectivity index (χ2v) is 6.17. The van der Waals surface area contributed by atoms with E-state index in [9.17, 15) is 4.79 Å². The zero-order valence-electron chi connectivity index (χ0n) is 11.5. The lowest BCUT2D eigenvalue weighted by Gasteiger charge is -2.23. The molecule has 19 heavy (non-hydrogen) atoms. The van der Waals surface area contributed by atoms with Gasteiger partial charge in [-0.1, -0.05) is 12.1 Å². The van der Waals surface area contributed by atoms with Crippen LogP contribution in [-0.4, -0.2) is 36.0 Å². The van der Waals surface area contributed by atoms with Crippen LogP contribution in [0.3, 0.4) is 0 Å². The molecule has 1 aromatic carbocycles. The molecule has 0 aromatic heterocycles. The molecule has 0 saturated carbocycles. The summed E-state index contributed by atoms with van der Waals surface area (Å²) in [6.45, 7) is 4.94. The van der Waals surface area contributed by atoms with Gasteiger partial charge in [-0.15, -0.1) is 0 Å². The van der Waals surface area contributed by atoms with Crippen LogP contribution in [-0.2, 0) is 0 Å². The minimum absolute atomic E-state index is 0.0808. The van der Waals surface area contributed by atoms with Gasteiger partial charge < -0.3 is 10.1 Å². The first-order chi connectivity index (χ1) is 9.16. The van der Waals surface area contributed by atoms with Crippen molar-refractivity contribution in [3.05, 3.63) is 29.8 Å². The van der Waals surface area contributed by atoms with Gasteiger partial charge in [0.25, 0.3) is 0 Å². The van der Waals surface area contributed by atoms with E-state index in [1.807, 2.05) is 49.9 Å². The molecule has 1 fully saturated rings. The molecule has 1 unspecified atom stereocenters. The van der Waals surface area contributed by atoms with Gasteiger partial charge >= 0.3 is 0 Å². The molecule has 104 valence electrons. The summed E-state index contributed by atoms with van der Waals surface area (Å²) in [4.78, 5) is 12.4. The van der Waals surface area contributed by atoms with E-state index in [4.69, 9.17) is 4.74 Å². The van der Waals surface area contributed by atoms with Gasteiger partial charge in [-0.2, -0.15) is 11.8 Å². The molecule has 3 nitrogen and oxygen atoms in total. The number of carbonyl (C=O) groups excluding carboxylic acids is 1. The summed E-state index contributed by atoms with van der Waals surface area (Å²) in [5.74, 6) is 3.01. The Bertz CT molecular complexity index is 428. The summed E-state index contributed by atoms with van der Waals surface area (Å²) in [6, 6.07) is 7.82. The number of ether oxygens (including phenoxy) is 1. The molecule has 1 saturated heterocycles. The number of ketones is 1. The standard InChI is InChI=1S/C15H21NO2S/c1-11(2)18-15-6-4-3-5-13(15)14(17)9-12-10-19-8-7-16-12/h3-6,11-12,16H,7-10H2,1-2H3. The van der Waals surface area contributed by atoms with Gasteiger partial charge in [-0.05, 0) is 26.0 Å². The largest absolute Gasteiger partial charge is 0.490 e. The summed E-state index contributed by atoms with van der Waals surface area (Å²) in [7, 11) is 0. The van der Waals surface area contributed by atoms with E-state index in [0.29, 0.717) is 23.8 Å². The van der Waals surface area contributed by atoms with Crippen molar-refractivity contribution in [1.82, 2.24) is 5.32 Å². The number of Topliss-reactive ketones (excluding diaryl/α,β-unsaturated/α-hetero) is 1. The van der Waals surface area contributed by atoms with Gasteiger partial charge in [-0.25, -0.2) is 0 Å². The van der Waals surface area contributed by atoms with Crippen molar-refractivity contribution in [2.24, 2.45) is 0 Å². The third-order valence-corrected chi connectivity index (χ3v) is 4.11. The van der Waals surface area contributed by atoms with E-state index in [0.717, 1.165) is 18.1 Å². The molecule has 1 aromatic rings. The van der Waals surface area contributed by atoms with Crippen LogP contribution in [0, 0.1) is 0 Å². The summed E-state index contributed by atoms with van der Waals surface area (Å²) in [6.07, 6.45) is 0.628. The van der Waals surface area contributed by atoms with Crippen LogP contribution in [0.1, 0.15) is 30.6 Å². The Morgan fingerprint density at radius 2 is 2.26 bits per heavy atom. The van der Waals surface area contributed by atoms with Crippen molar-refractivity contribution >= 4 is 17.5 Å². The molecule has 4 heteroatoms. The van der Waals surface area contributed by atoms with E-state index in [1.165, 1.54) is 0 Å². The van der Waals surface area contributed by atoms with Gasteiger partial charge in [-0.3, -0.25) is 4.79 Å². The topological polar surface area (TPSA) is 38.3 Å². The number of rotatable bonds is 5. The fraction of sp³-hybridized carbons (Fsp3) is 0.533. The molecule has 0 radical (unpaired) electrons. The molecule has 1 N–H and O–H groups in total. The van der Waals surface area contributed by atoms with E-state index in [-0.39, 0.29) is 11.9 Å². The highest BCUT2D eigenvalue weighted by Gasteiger charge is 2.20. The maximum Gasteiger partial charge on any atom is 0.168 e. The van der Waals surface area contributed by atoms with Crippen molar-refractivity contribution in [1.29, 1.82) is 0 Å². The highest BCUT2D eigenvalue weighted by Crippen LogP contribution is 2.22. The maximum atomic E-state index is 12.4. The molecule has 0 spiro atoms. The molecule has 0 bridgehead atoms. The molecule has 1 atom stereocenters. The van der Waals surface area contributed by atoms with E-state index < -0.39 is 0 Å². The Morgan fingerprint density at radius 1 is 1.47 bits per heavy atom. The van der Waals surface area contributed by atoms with Gasteiger partial charge in [0, 0.05) is 30.5 Å². The zero-order valence-corrected chi connectivity index (χ0v) is 12.3. The second kappa shape index (κ2) is 6.96. The average Bonchev–Trinajstić information content (AvgIpc) is 2.39. The van der Waals surface area contributed by atoms with Crippen LogP contribution < -0.4 is 10.1 Å². The summed E-state index contributed by atoms with van der Waals surface area (Å²) >= 11 is 1.91. The monoisotopic (exact) mass is 279 g/mol. The lowest BCUT2D eigenvalue weighted by atomic mass is 10.0. The van der Waals surface area contributed by atoms with Gasteiger partial charge in [0.15, 0.2) is 5.78 Å². The Balaban J connectivity index is 2.05. The average molecular weight is 279 g/mol. The summed E-state index contributed by atoms with van der Waals surface area (Å²) < 4.78 is 5.71. The first-order valence-corrected chi connectivity index (χ1v) is 7.92. The lowest BCUT2D eigenvalue weighted by Crippen LogP contribution is -2.38. The first kappa shape index (κ1) is 14.4. The highest BCUT2D eigenvalue weighted by atomic mass is 32.2. The third kappa shape index (κ3) is 4.25. The molecular formula is C15H21NO2S. The van der Waals surface area contributed by atoms with Crippen LogP contribution >= 0.6 is 11.8 Å². The van der Waals surface area contributed by atoms with Crippen molar-refractivity contribution in [3.8, 4) is 5.75 Å². The number of thioether (sulfide) groups is 1. The Hall–Kier alpha value is -1.00. The van der Waals surface area contributed by atoms with Crippen molar-refractivity contribution in [2.75, 3.05) is 18.1 Å². The zero-order chi connectivity index (χ0) is 13.7. The molecule has 0 aliphatic carbocycles. The fourth-order valence-corrected chi connectivity index (χ4v) is 3.09. The van der Waals surface area contributed by atoms with Gasteiger partial charge in [0.1, 0.15) is 5.75 Å². The van der Waals surface area contributed by atoms with Crippen LogP contribution in [0.25, 0.3) is 0 Å². The minimum atomic E-state index is 0.0808. The number of hydrogen-bond acceptors (Lipinski definition) is 4. The maximum absolute atomic E-state index is 12.4. The molecule has 1 aliphatic heterocycles. The van der Waals surface area contributed by atoms with E-state index in [1.54, 1.807) is 0 Å². The van der Waals surface area contributed by atoms with E-state index >= 15 is 0 Å². The minimum Gasteiger partial charge on any atom is -0.490 e. The van der Waals surface area contributed by atoms with Crippen molar-refractivity contribution < 1.29 is 9.53 Å². The van der Waals surface area contributed by atoms with Crippen LogP contribution in [0.15, 0.2) is 24.3 Å². The van der Waals surface area contributed by atoms with Crippen LogP contribution in [0.2, 0.25) is 0 Å². The SMILES string of the molecule is CC(C)Oc1ccccc1C(=O)CC1CSCCN1. The molecule has 1 heterocycles. The molecule has 2 rings (SSSR count). The first-order valence-electron chi connectivity index (χ1n) is 6.77. The Morgan fingerprint density at radius 3 is 2.95 bits per heavy atom. The number of benzene rings is 1. The van der Waals surface area contributed by atoms with Crippen LogP contribution in [0.4, 0.5) is 0 Å². The predicted molar refractivity (Wildman–Crippen MR) is 80.3 cm³/mol. The molecule has 1 aliphatic rings. The quantitative estimate of drug-likeness (QED) is 0.841. The normalized spacial score (nSPS) is 19.4. The number of para-hydroxylation sites is 1. The summed E-state index contributed by atoms with van der Waals surface area (Å²) in [5, 5.41) is 3.40. The van der Waals surface area contributed by atoms with E-state index in [2.05, 4.69) is 5.32 Å². The number of hydrogen-bond donors (Lipinski definition) is 1. The van der Waals surface area contributed by atoms with Gasteiger partial charge in [0.2, 0.25) is 0 Å². The predicted octanol–water partition coefficient (Wildman–Crippen LogP) is 2.75. The van der Waals surface area contributed by atoms with Crippen LogP contribution in [0.5, 0.6) is 5.75 Å². The second-order valence-electron chi connectivity index (χ2n) is 5.02. The molecular weight excluding hydrogens is 258 g/mol. The fourth-order valence-electron chi connectivity index (χ4n) is 2.14. The Kier molecular flexibility index (Phi) is 5.28. The summed E-state index contributed by atoms with van der Waals surface area (Å²) in [5.41, 5.74) is 0.702. The Labute approximate surface area is 119 Å². The van der Waals surface area contributed by atoms with Crippen molar-refractivity contribution in [3.63, 3.8) is 0 Å². The number of nitrogens with one attached hydrogen (secondary N) is 1. The lowest BCUT2D eigenvalue weighted by molar-refractivity contribution is 0.0966. The highest BCUT2D eigenvalue weighted by molar-refractivity contribution is 7.99.